The molecule has 0 heterocycles. The third kappa shape index (κ3) is 5.17. The van der Waals surface area contributed by atoms with Crippen molar-refractivity contribution < 1.29 is 0 Å². The summed E-state index contributed by atoms with van der Waals surface area (Å²) in [7, 11) is 0. The summed E-state index contributed by atoms with van der Waals surface area (Å²) < 4.78 is 0. The summed E-state index contributed by atoms with van der Waals surface area (Å²) in [4.78, 5) is 0. The molecule has 67 valence electrons. The first-order valence-electron chi connectivity index (χ1n) is 5.12. The van der Waals surface area contributed by atoms with Gasteiger partial charge in [-0.1, -0.05) is 30.7 Å². The van der Waals surface area contributed by atoms with Gasteiger partial charge in [0.15, 0.2) is 0 Å². The average molecular weight is 163 g/mol. The summed E-state index contributed by atoms with van der Waals surface area (Å²) in [6.07, 6.45) is 20.5. The van der Waals surface area contributed by atoms with Gasteiger partial charge in [-0.15, -0.1) is 0 Å². The standard InChI is InChI=1S/C12H19/c1-2-4-6-8-10-12-11-9-7-5-3-1/h1-2,5,8,10H,3-4,6-7,9,11-12H2. The predicted octanol–water partition coefficient (Wildman–Crippen LogP) is 4.05. The Balaban J connectivity index is 2.19. The van der Waals surface area contributed by atoms with Crippen molar-refractivity contribution in [1.82, 2.24) is 0 Å². The second kappa shape index (κ2) is 7.15. The molecule has 0 aliphatic heterocycles. The maximum absolute atomic E-state index is 2.39. The highest BCUT2D eigenvalue weighted by Crippen LogP contribution is 2.07. The van der Waals surface area contributed by atoms with Gasteiger partial charge in [0.1, 0.15) is 0 Å². The van der Waals surface area contributed by atoms with Gasteiger partial charge in [-0.05, 0) is 44.9 Å². The van der Waals surface area contributed by atoms with Crippen LogP contribution in [0.4, 0.5) is 0 Å². The van der Waals surface area contributed by atoms with Gasteiger partial charge in [-0.25, -0.2) is 0 Å². The van der Waals surface area contributed by atoms with Crippen molar-refractivity contribution in [2.75, 3.05) is 0 Å². The first kappa shape index (κ1) is 9.57. The fourth-order valence-corrected chi connectivity index (χ4v) is 1.41. The van der Waals surface area contributed by atoms with E-state index < -0.39 is 0 Å². The average Bonchev–Trinajstić information content (AvgIpc) is 2.05. The molecule has 0 aromatic rings. The minimum atomic E-state index is 1.17. The van der Waals surface area contributed by atoms with E-state index in [2.05, 4.69) is 30.7 Å². The Morgan fingerprint density at radius 1 is 0.583 bits per heavy atom. The van der Waals surface area contributed by atoms with E-state index in [-0.39, 0.29) is 0 Å². The van der Waals surface area contributed by atoms with E-state index in [0.717, 1.165) is 0 Å². The van der Waals surface area contributed by atoms with Gasteiger partial charge in [0.05, 0.1) is 0 Å². The molecule has 1 aliphatic carbocycles. The lowest BCUT2D eigenvalue weighted by Gasteiger charge is -1.98. The first-order chi connectivity index (χ1) is 6.00. The van der Waals surface area contributed by atoms with E-state index in [9.17, 15) is 0 Å². The second-order valence-corrected chi connectivity index (χ2v) is 3.33. The van der Waals surface area contributed by atoms with E-state index in [1.54, 1.807) is 0 Å². The van der Waals surface area contributed by atoms with Crippen LogP contribution in [0, 0.1) is 6.42 Å². The van der Waals surface area contributed by atoms with Crippen LogP contribution in [0.1, 0.15) is 44.9 Å². The van der Waals surface area contributed by atoms with E-state index in [1.165, 1.54) is 44.9 Å². The van der Waals surface area contributed by atoms with Crippen LogP contribution in [0.25, 0.3) is 0 Å². The largest absolute Gasteiger partial charge is 0.0885 e. The van der Waals surface area contributed by atoms with Crippen molar-refractivity contribution in [2.24, 2.45) is 0 Å². The maximum atomic E-state index is 2.39. The predicted molar refractivity (Wildman–Crippen MR) is 54.9 cm³/mol. The molecule has 0 amide bonds. The Morgan fingerprint density at radius 3 is 2.17 bits per heavy atom. The Morgan fingerprint density at radius 2 is 1.25 bits per heavy atom. The van der Waals surface area contributed by atoms with Gasteiger partial charge >= 0.3 is 0 Å². The van der Waals surface area contributed by atoms with Gasteiger partial charge in [0.25, 0.3) is 0 Å². The molecule has 0 spiro atoms. The van der Waals surface area contributed by atoms with Crippen molar-refractivity contribution >= 4 is 0 Å². The molecular weight excluding hydrogens is 144 g/mol. The van der Waals surface area contributed by atoms with Crippen LogP contribution in [0.2, 0.25) is 0 Å². The molecular formula is C12H19. The molecule has 0 nitrogen and oxygen atoms in total. The molecule has 0 fully saturated rings. The fourth-order valence-electron chi connectivity index (χ4n) is 1.41. The monoisotopic (exact) mass is 163 g/mol. The Kier molecular flexibility index (Phi) is 5.70. The molecule has 1 aliphatic rings. The van der Waals surface area contributed by atoms with Crippen LogP contribution in [-0.2, 0) is 0 Å². The maximum Gasteiger partial charge on any atom is -0.0316 e. The molecule has 0 saturated carbocycles. The first-order valence-corrected chi connectivity index (χ1v) is 5.12. The van der Waals surface area contributed by atoms with Crippen LogP contribution in [-0.4, -0.2) is 0 Å². The lowest BCUT2D eigenvalue weighted by Crippen LogP contribution is -1.79. The normalized spacial score (nSPS) is 21.3. The zero-order valence-electron chi connectivity index (χ0n) is 7.84. The summed E-state index contributed by atoms with van der Waals surface area (Å²) in [5, 5.41) is 0. The Bertz CT molecular complexity index is 124. The topological polar surface area (TPSA) is 0 Å². The molecule has 0 N–H and O–H groups in total. The van der Waals surface area contributed by atoms with Gasteiger partial charge in [0.2, 0.25) is 0 Å². The number of allylic oxidation sites excluding steroid dienone is 4. The lowest BCUT2D eigenvalue weighted by atomic mass is 10.1. The van der Waals surface area contributed by atoms with E-state index >= 15 is 0 Å². The van der Waals surface area contributed by atoms with Crippen molar-refractivity contribution in [1.29, 1.82) is 0 Å². The van der Waals surface area contributed by atoms with Crippen LogP contribution in [0.15, 0.2) is 24.3 Å². The molecule has 0 unspecified atom stereocenters. The molecule has 0 saturated heterocycles. The van der Waals surface area contributed by atoms with Crippen molar-refractivity contribution in [3.8, 4) is 0 Å². The molecule has 0 aromatic carbocycles. The minimum absolute atomic E-state index is 1.17. The number of rotatable bonds is 0. The van der Waals surface area contributed by atoms with Gasteiger partial charge < -0.3 is 0 Å². The Labute approximate surface area is 76.4 Å². The summed E-state index contributed by atoms with van der Waals surface area (Å²) >= 11 is 0. The van der Waals surface area contributed by atoms with Gasteiger partial charge in [-0.2, -0.15) is 0 Å². The summed E-state index contributed by atoms with van der Waals surface area (Å²) in [5.41, 5.74) is 0. The van der Waals surface area contributed by atoms with E-state index in [4.69, 9.17) is 0 Å². The summed E-state index contributed by atoms with van der Waals surface area (Å²) in [6.45, 7) is 0. The third-order valence-corrected chi connectivity index (χ3v) is 2.17. The van der Waals surface area contributed by atoms with Crippen LogP contribution >= 0.6 is 0 Å². The number of hydrogen-bond acceptors (Lipinski definition) is 0. The van der Waals surface area contributed by atoms with Gasteiger partial charge in [-0.3, -0.25) is 0 Å². The molecule has 1 radical (unpaired) electrons. The summed E-state index contributed by atoms with van der Waals surface area (Å²) in [5.74, 6) is 0. The van der Waals surface area contributed by atoms with E-state index in [0.29, 0.717) is 0 Å². The zero-order chi connectivity index (χ0) is 8.49. The lowest BCUT2D eigenvalue weighted by molar-refractivity contribution is 0.727. The highest BCUT2D eigenvalue weighted by molar-refractivity contribution is 4.91. The SMILES string of the molecule is [CH]1CC=CCCC=CCCCC1. The smallest absolute Gasteiger partial charge is 0.0316 e. The molecule has 0 bridgehead atoms. The second-order valence-electron chi connectivity index (χ2n) is 3.33. The minimum Gasteiger partial charge on any atom is -0.0885 e. The highest BCUT2D eigenvalue weighted by Gasteiger charge is 1.88. The van der Waals surface area contributed by atoms with Gasteiger partial charge in [0, 0.05) is 0 Å². The molecule has 12 heavy (non-hydrogen) atoms. The molecule has 1 rings (SSSR count). The van der Waals surface area contributed by atoms with Crippen molar-refractivity contribution in [2.45, 2.75) is 44.9 Å². The van der Waals surface area contributed by atoms with Crippen LogP contribution in [0.3, 0.4) is 0 Å². The third-order valence-electron chi connectivity index (χ3n) is 2.17. The quantitative estimate of drug-likeness (QED) is 0.473. The molecule has 0 aromatic heterocycles. The number of hydrogen-bond donors (Lipinski definition) is 0. The highest BCUT2D eigenvalue weighted by atomic mass is 13.9. The van der Waals surface area contributed by atoms with Crippen LogP contribution in [0.5, 0.6) is 0 Å². The molecule has 0 atom stereocenters. The zero-order valence-corrected chi connectivity index (χ0v) is 7.84. The Hall–Kier alpha value is -0.520. The molecule has 0 heteroatoms. The van der Waals surface area contributed by atoms with Crippen molar-refractivity contribution in [3.63, 3.8) is 0 Å². The summed E-state index contributed by atoms with van der Waals surface area (Å²) in [6, 6.07) is 0. The van der Waals surface area contributed by atoms with E-state index in [1.807, 2.05) is 0 Å². The van der Waals surface area contributed by atoms with Crippen molar-refractivity contribution in [3.05, 3.63) is 30.7 Å². The fraction of sp³-hybridized carbons (Fsp3) is 0.583. The van der Waals surface area contributed by atoms with Crippen LogP contribution < -0.4 is 0 Å².